The molecule has 5 nitrogen and oxygen atoms in total. The van der Waals surface area contributed by atoms with Gasteiger partial charge in [0, 0.05) is 23.0 Å². The van der Waals surface area contributed by atoms with Gasteiger partial charge in [-0.15, -0.1) is 11.3 Å². The molecule has 0 fully saturated rings. The number of aromatic nitrogens is 1. The Hall–Kier alpha value is -3.03. The van der Waals surface area contributed by atoms with Crippen LogP contribution in [0.1, 0.15) is 10.4 Å². The summed E-state index contributed by atoms with van der Waals surface area (Å²) >= 11 is 6.60. The van der Waals surface area contributed by atoms with Crippen molar-refractivity contribution in [2.75, 3.05) is 5.32 Å². The van der Waals surface area contributed by atoms with Crippen LogP contribution >= 0.6 is 23.6 Å². The van der Waals surface area contributed by atoms with E-state index >= 15 is 0 Å². The molecule has 1 aliphatic heterocycles. The highest BCUT2D eigenvalue weighted by atomic mass is 32.1. The van der Waals surface area contributed by atoms with Crippen LogP contribution in [-0.4, -0.2) is 21.8 Å². The summed E-state index contributed by atoms with van der Waals surface area (Å²) in [6.07, 6.45) is 3.61. The molecule has 3 aromatic rings. The molecule has 7 heteroatoms. The second kappa shape index (κ2) is 7.30. The van der Waals surface area contributed by atoms with Crippen molar-refractivity contribution in [1.29, 1.82) is 0 Å². The van der Waals surface area contributed by atoms with Crippen LogP contribution in [0.5, 0.6) is 5.88 Å². The summed E-state index contributed by atoms with van der Waals surface area (Å²) in [5.41, 5.74) is 3.50. The van der Waals surface area contributed by atoms with Crippen molar-refractivity contribution in [2.45, 2.75) is 6.54 Å². The number of nitrogens with one attached hydrogen (secondary N) is 1. The monoisotopic (exact) mass is 393 g/mol. The minimum atomic E-state index is -0.252. The normalized spacial score (nSPS) is 13.7. The number of hydrogen-bond donors (Lipinski definition) is 2. The highest BCUT2D eigenvalue weighted by molar-refractivity contribution is 7.73. The largest absolute Gasteiger partial charge is 0.493 e. The van der Waals surface area contributed by atoms with Crippen LogP contribution in [0.15, 0.2) is 59.6 Å². The van der Waals surface area contributed by atoms with Gasteiger partial charge in [-0.2, -0.15) is 0 Å². The molecular weight excluding hydrogens is 378 g/mol. The lowest BCUT2D eigenvalue weighted by atomic mass is 10.1. The summed E-state index contributed by atoms with van der Waals surface area (Å²) in [5.74, 6) is -0.268. The van der Waals surface area contributed by atoms with E-state index in [2.05, 4.69) is 10.3 Å². The number of amides is 1. The molecule has 0 bridgehead atoms. The molecule has 0 unspecified atom stereocenters. The lowest BCUT2D eigenvalue weighted by Crippen LogP contribution is -2.18. The van der Waals surface area contributed by atoms with Crippen LogP contribution in [-0.2, 0) is 11.3 Å². The second-order valence-electron chi connectivity index (χ2n) is 5.93. The van der Waals surface area contributed by atoms with Gasteiger partial charge >= 0.3 is 0 Å². The molecule has 4 rings (SSSR count). The van der Waals surface area contributed by atoms with Gasteiger partial charge in [0.15, 0.2) is 3.95 Å². The SMILES string of the molecule is O=C(Cn1c(O)c(/C=C2\C=Nc3ccccc32)sc1=S)Nc1ccccc1. The Morgan fingerprint density at radius 1 is 1.19 bits per heavy atom. The summed E-state index contributed by atoms with van der Waals surface area (Å²) in [6, 6.07) is 17.0. The number of allylic oxidation sites excluding steroid dienone is 1. The van der Waals surface area contributed by atoms with Gasteiger partial charge in [0.25, 0.3) is 0 Å². The lowest BCUT2D eigenvalue weighted by molar-refractivity contribution is -0.116. The molecule has 0 radical (unpaired) electrons. The van der Waals surface area contributed by atoms with Crippen molar-refractivity contribution in [3.05, 3.63) is 69.0 Å². The van der Waals surface area contributed by atoms with Gasteiger partial charge in [-0.3, -0.25) is 14.4 Å². The Balaban J connectivity index is 1.58. The number of carbonyl (C=O) groups excluding carboxylic acids is 1. The maximum absolute atomic E-state index is 12.3. The third-order valence-electron chi connectivity index (χ3n) is 4.10. The van der Waals surface area contributed by atoms with E-state index in [9.17, 15) is 9.90 Å². The zero-order valence-electron chi connectivity index (χ0n) is 14.1. The zero-order valence-corrected chi connectivity index (χ0v) is 15.8. The molecule has 1 aliphatic rings. The minimum Gasteiger partial charge on any atom is -0.493 e. The summed E-state index contributed by atoms with van der Waals surface area (Å²) in [6.45, 7) is -0.0517. The fraction of sp³-hybridized carbons (Fsp3) is 0.0500. The topological polar surface area (TPSA) is 66.6 Å². The van der Waals surface area contributed by atoms with Gasteiger partial charge < -0.3 is 10.4 Å². The lowest BCUT2D eigenvalue weighted by Gasteiger charge is -2.07. The van der Waals surface area contributed by atoms with Gasteiger partial charge in [0.2, 0.25) is 11.8 Å². The molecular formula is C20H15N3O2S2. The maximum atomic E-state index is 12.3. The number of nitrogens with zero attached hydrogens (tertiary/aromatic N) is 2. The van der Waals surface area contributed by atoms with Crippen molar-refractivity contribution in [2.24, 2.45) is 4.99 Å². The van der Waals surface area contributed by atoms with E-state index in [1.54, 1.807) is 18.3 Å². The fourth-order valence-corrected chi connectivity index (χ4v) is 4.07. The van der Waals surface area contributed by atoms with Crippen LogP contribution in [0.4, 0.5) is 11.4 Å². The number of aromatic hydroxyl groups is 1. The van der Waals surface area contributed by atoms with Gasteiger partial charge in [-0.1, -0.05) is 36.4 Å². The van der Waals surface area contributed by atoms with E-state index in [4.69, 9.17) is 12.2 Å². The van der Waals surface area contributed by atoms with Crippen molar-refractivity contribution >= 4 is 58.7 Å². The molecule has 0 aliphatic carbocycles. The first-order chi connectivity index (χ1) is 13.1. The summed E-state index contributed by atoms with van der Waals surface area (Å²) in [7, 11) is 0. The Bertz CT molecular complexity index is 1130. The molecule has 2 heterocycles. The predicted molar refractivity (Wildman–Crippen MR) is 112 cm³/mol. The summed E-state index contributed by atoms with van der Waals surface area (Å²) in [4.78, 5) is 17.2. The number of rotatable bonds is 4. The van der Waals surface area contributed by atoms with E-state index < -0.39 is 0 Å². The number of para-hydroxylation sites is 2. The predicted octanol–water partition coefficient (Wildman–Crippen LogP) is 4.88. The number of thiazole rings is 1. The summed E-state index contributed by atoms with van der Waals surface area (Å²) < 4.78 is 1.87. The number of benzene rings is 2. The van der Waals surface area contributed by atoms with Crippen molar-refractivity contribution in [3.8, 4) is 5.88 Å². The van der Waals surface area contributed by atoms with Crippen LogP contribution < -0.4 is 5.32 Å². The number of anilines is 1. The maximum Gasteiger partial charge on any atom is 0.244 e. The Kier molecular flexibility index (Phi) is 4.70. The number of aliphatic imine (C=N–C) groups is 1. The Labute approximate surface area is 165 Å². The average molecular weight is 393 g/mol. The van der Waals surface area contributed by atoms with Crippen LogP contribution in [0.2, 0.25) is 0 Å². The van der Waals surface area contributed by atoms with Crippen molar-refractivity contribution < 1.29 is 9.90 Å². The third kappa shape index (κ3) is 3.60. The first-order valence-electron chi connectivity index (χ1n) is 8.24. The van der Waals surface area contributed by atoms with Gasteiger partial charge in [0.05, 0.1) is 10.6 Å². The molecule has 2 aromatic carbocycles. The first kappa shape index (κ1) is 17.4. The fourth-order valence-electron chi connectivity index (χ4n) is 2.81. The van der Waals surface area contributed by atoms with Gasteiger partial charge in [-0.05, 0) is 36.5 Å². The van der Waals surface area contributed by atoms with E-state index in [0.717, 1.165) is 16.8 Å². The van der Waals surface area contributed by atoms with E-state index in [1.807, 2.05) is 48.5 Å². The molecule has 1 aromatic heterocycles. The highest BCUT2D eigenvalue weighted by Gasteiger charge is 2.16. The number of fused-ring (bicyclic) bond motifs is 1. The molecule has 2 N–H and O–H groups in total. The standard InChI is InChI=1S/C20H15N3O2S2/c24-18(22-14-6-2-1-3-7-14)12-23-19(25)17(27-20(23)26)10-13-11-21-16-9-5-4-8-15(13)16/h1-11,25H,12H2,(H,22,24)/b13-10+. The Morgan fingerprint density at radius 2 is 1.93 bits per heavy atom. The Morgan fingerprint density at radius 3 is 2.74 bits per heavy atom. The van der Waals surface area contributed by atoms with Crippen molar-refractivity contribution in [1.82, 2.24) is 4.57 Å². The van der Waals surface area contributed by atoms with Crippen molar-refractivity contribution in [3.63, 3.8) is 0 Å². The average Bonchev–Trinajstić information content (AvgIpc) is 3.19. The molecule has 0 atom stereocenters. The number of hydrogen-bond acceptors (Lipinski definition) is 5. The quantitative estimate of drug-likeness (QED) is 0.621. The minimum absolute atomic E-state index is 0.0153. The van der Waals surface area contributed by atoms with Gasteiger partial charge in [0.1, 0.15) is 6.54 Å². The zero-order chi connectivity index (χ0) is 18.8. The van der Waals surface area contributed by atoms with E-state index in [-0.39, 0.29) is 18.3 Å². The molecule has 0 saturated heterocycles. The molecule has 27 heavy (non-hydrogen) atoms. The van der Waals surface area contributed by atoms with Crippen LogP contribution in [0.25, 0.3) is 11.6 Å². The second-order valence-corrected chi connectivity index (χ2v) is 7.61. The third-order valence-corrected chi connectivity index (χ3v) is 5.48. The van der Waals surface area contributed by atoms with Crippen LogP contribution in [0, 0.1) is 3.95 Å². The molecule has 0 spiro atoms. The van der Waals surface area contributed by atoms with E-state index in [1.165, 1.54) is 15.9 Å². The molecule has 0 saturated carbocycles. The van der Waals surface area contributed by atoms with E-state index in [0.29, 0.717) is 14.5 Å². The first-order valence-corrected chi connectivity index (χ1v) is 9.47. The highest BCUT2D eigenvalue weighted by Crippen LogP contribution is 2.35. The smallest absolute Gasteiger partial charge is 0.244 e. The molecule has 134 valence electrons. The van der Waals surface area contributed by atoms with Gasteiger partial charge in [-0.25, -0.2) is 0 Å². The summed E-state index contributed by atoms with van der Waals surface area (Å²) in [5, 5.41) is 13.4. The molecule has 1 amide bonds. The number of carbonyl (C=O) groups is 1. The van der Waals surface area contributed by atoms with Crippen LogP contribution in [0.3, 0.4) is 0 Å².